The van der Waals surface area contributed by atoms with E-state index < -0.39 is 17.5 Å². The molecule has 0 bridgehead atoms. The van der Waals surface area contributed by atoms with E-state index in [-0.39, 0.29) is 6.10 Å². The van der Waals surface area contributed by atoms with E-state index in [2.05, 4.69) is 13.8 Å². The average molecular weight is 338 g/mol. The molecular weight excluding hydrogens is 304 g/mol. The van der Waals surface area contributed by atoms with Gasteiger partial charge in [-0.25, -0.2) is 9.59 Å². The lowest BCUT2D eigenvalue weighted by Crippen LogP contribution is -2.27. The van der Waals surface area contributed by atoms with Gasteiger partial charge in [-0.2, -0.15) is 0 Å². The van der Waals surface area contributed by atoms with Crippen molar-refractivity contribution < 1.29 is 19.1 Å². The first-order valence-electron chi connectivity index (χ1n) is 9.33. The first-order valence-corrected chi connectivity index (χ1v) is 9.33. The summed E-state index contributed by atoms with van der Waals surface area (Å²) in [5.74, 6) is 0.532. The molecule has 4 nitrogen and oxygen atoms in total. The van der Waals surface area contributed by atoms with Crippen LogP contribution in [0.25, 0.3) is 0 Å². The Morgan fingerprint density at radius 2 is 1.67 bits per heavy atom. The summed E-state index contributed by atoms with van der Waals surface area (Å²) in [6.45, 7) is 10.3. The predicted molar refractivity (Wildman–Crippen MR) is 95.5 cm³/mol. The molecular formula is C20H34O4. The summed E-state index contributed by atoms with van der Waals surface area (Å²) in [4.78, 5) is 23.6. The second kappa shape index (κ2) is 9.85. The summed E-state index contributed by atoms with van der Waals surface area (Å²) in [6.07, 6.45) is 9.39. The molecule has 0 radical (unpaired) electrons. The number of esters is 2. The van der Waals surface area contributed by atoms with Crippen LogP contribution in [0, 0.1) is 11.8 Å². The first kappa shape index (κ1) is 20.7. The third-order valence-corrected chi connectivity index (χ3v) is 4.47. The van der Waals surface area contributed by atoms with E-state index in [1.807, 2.05) is 20.8 Å². The van der Waals surface area contributed by atoms with Gasteiger partial charge in [-0.1, -0.05) is 27.2 Å². The van der Waals surface area contributed by atoms with Gasteiger partial charge in [0.1, 0.15) is 11.7 Å². The van der Waals surface area contributed by atoms with E-state index in [1.54, 1.807) is 0 Å². The average Bonchev–Trinajstić information content (AvgIpc) is 2.46. The summed E-state index contributed by atoms with van der Waals surface area (Å²) in [5, 5.41) is 0. The molecule has 1 rings (SSSR count). The number of ether oxygens (including phenoxy) is 2. The Morgan fingerprint density at radius 3 is 2.21 bits per heavy atom. The van der Waals surface area contributed by atoms with E-state index in [0.717, 1.165) is 50.4 Å². The van der Waals surface area contributed by atoms with Crippen LogP contribution >= 0.6 is 0 Å². The highest BCUT2D eigenvalue weighted by Gasteiger charge is 2.24. The number of hydrogen-bond acceptors (Lipinski definition) is 4. The maximum absolute atomic E-state index is 11.8. The van der Waals surface area contributed by atoms with Gasteiger partial charge < -0.3 is 9.47 Å². The minimum absolute atomic E-state index is 0.0156. The maximum Gasteiger partial charge on any atom is 0.331 e. The summed E-state index contributed by atoms with van der Waals surface area (Å²) < 4.78 is 10.8. The van der Waals surface area contributed by atoms with Crippen molar-refractivity contribution in [2.75, 3.05) is 0 Å². The van der Waals surface area contributed by atoms with Gasteiger partial charge in [0.2, 0.25) is 0 Å². The molecule has 0 aliphatic heterocycles. The zero-order valence-corrected chi connectivity index (χ0v) is 16.0. The Balaban J connectivity index is 2.32. The van der Waals surface area contributed by atoms with Gasteiger partial charge in [0, 0.05) is 12.2 Å². The van der Waals surface area contributed by atoms with Gasteiger partial charge in [-0.3, -0.25) is 0 Å². The third kappa shape index (κ3) is 8.51. The molecule has 138 valence electrons. The van der Waals surface area contributed by atoms with Crippen molar-refractivity contribution in [2.45, 2.75) is 91.3 Å². The van der Waals surface area contributed by atoms with Gasteiger partial charge in [0.05, 0.1) is 0 Å². The van der Waals surface area contributed by atoms with E-state index in [9.17, 15) is 9.59 Å². The van der Waals surface area contributed by atoms with E-state index >= 15 is 0 Å². The molecule has 24 heavy (non-hydrogen) atoms. The van der Waals surface area contributed by atoms with Crippen LogP contribution in [0.4, 0.5) is 0 Å². The maximum atomic E-state index is 11.8. The van der Waals surface area contributed by atoms with Crippen molar-refractivity contribution in [3.05, 3.63) is 12.2 Å². The largest absolute Gasteiger partial charge is 0.459 e. The van der Waals surface area contributed by atoms with Crippen molar-refractivity contribution in [1.29, 1.82) is 0 Å². The lowest BCUT2D eigenvalue weighted by molar-refractivity contribution is -0.152. The van der Waals surface area contributed by atoms with Gasteiger partial charge in [0.25, 0.3) is 0 Å². The number of rotatable bonds is 8. The van der Waals surface area contributed by atoms with Gasteiger partial charge in [-0.15, -0.1) is 0 Å². The molecule has 0 heterocycles. The van der Waals surface area contributed by atoms with Gasteiger partial charge in [0.15, 0.2) is 0 Å². The molecule has 0 aromatic carbocycles. The molecule has 0 aromatic heterocycles. The Hall–Kier alpha value is -1.32. The Kier molecular flexibility index (Phi) is 8.51. The SMILES string of the molecule is CCCC(C)(C)OC(=O)/C=C/C(=O)OC1CCC(CC(C)C)CC1. The van der Waals surface area contributed by atoms with Crippen LogP contribution in [0.1, 0.15) is 79.6 Å². The van der Waals surface area contributed by atoms with Crippen molar-refractivity contribution in [3.63, 3.8) is 0 Å². The van der Waals surface area contributed by atoms with Crippen molar-refractivity contribution >= 4 is 11.9 Å². The minimum atomic E-state index is -0.505. The zero-order valence-electron chi connectivity index (χ0n) is 16.0. The van der Waals surface area contributed by atoms with Crippen molar-refractivity contribution in [1.82, 2.24) is 0 Å². The minimum Gasteiger partial charge on any atom is -0.459 e. The predicted octanol–water partition coefficient (Wildman–Crippen LogP) is 4.81. The molecule has 0 saturated heterocycles. The fraction of sp³-hybridized carbons (Fsp3) is 0.800. The topological polar surface area (TPSA) is 52.6 Å². The van der Waals surface area contributed by atoms with Crippen LogP contribution in [-0.4, -0.2) is 23.6 Å². The second-order valence-electron chi connectivity index (χ2n) is 7.97. The van der Waals surface area contributed by atoms with E-state index in [4.69, 9.17) is 9.47 Å². The quantitative estimate of drug-likeness (QED) is 0.470. The molecule has 1 fully saturated rings. The summed E-state index contributed by atoms with van der Waals surface area (Å²) in [5.41, 5.74) is -0.505. The standard InChI is InChI=1S/C20H34O4/c1-6-13-20(4,5)24-19(22)12-11-18(21)23-17-9-7-16(8-10-17)14-15(2)3/h11-12,15-17H,6-10,13-14H2,1-5H3/b12-11+. The van der Waals surface area contributed by atoms with Crippen LogP contribution in [0.3, 0.4) is 0 Å². The third-order valence-electron chi connectivity index (χ3n) is 4.47. The van der Waals surface area contributed by atoms with E-state index in [1.165, 1.54) is 18.6 Å². The molecule has 0 amide bonds. The highest BCUT2D eigenvalue weighted by molar-refractivity contribution is 5.91. The summed E-state index contributed by atoms with van der Waals surface area (Å²) >= 11 is 0. The first-order chi connectivity index (χ1) is 11.2. The monoisotopic (exact) mass is 338 g/mol. The smallest absolute Gasteiger partial charge is 0.331 e. The lowest BCUT2D eigenvalue weighted by atomic mass is 9.82. The Morgan fingerprint density at radius 1 is 1.08 bits per heavy atom. The molecule has 0 atom stereocenters. The fourth-order valence-corrected chi connectivity index (χ4v) is 3.45. The number of carbonyl (C=O) groups is 2. The lowest BCUT2D eigenvalue weighted by Gasteiger charge is -2.29. The van der Waals surface area contributed by atoms with Crippen LogP contribution < -0.4 is 0 Å². The van der Waals surface area contributed by atoms with Crippen LogP contribution in [0.5, 0.6) is 0 Å². The molecule has 1 saturated carbocycles. The fourth-order valence-electron chi connectivity index (χ4n) is 3.45. The normalized spacial score (nSPS) is 21.9. The molecule has 1 aliphatic rings. The zero-order chi connectivity index (χ0) is 18.2. The molecule has 0 aromatic rings. The van der Waals surface area contributed by atoms with Gasteiger partial charge >= 0.3 is 11.9 Å². The highest BCUT2D eigenvalue weighted by atomic mass is 16.6. The molecule has 0 spiro atoms. The molecule has 4 heteroatoms. The highest BCUT2D eigenvalue weighted by Crippen LogP contribution is 2.30. The van der Waals surface area contributed by atoms with E-state index in [0.29, 0.717) is 0 Å². The van der Waals surface area contributed by atoms with Gasteiger partial charge in [-0.05, 0) is 64.2 Å². The molecule has 0 unspecified atom stereocenters. The van der Waals surface area contributed by atoms with Crippen molar-refractivity contribution in [2.24, 2.45) is 11.8 Å². The Bertz CT molecular complexity index is 429. The van der Waals surface area contributed by atoms with Crippen molar-refractivity contribution in [3.8, 4) is 0 Å². The summed E-state index contributed by atoms with van der Waals surface area (Å²) in [6, 6.07) is 0. The molecule has 0 N–H and O–H groups in total. The number of hydrogen-bond donors (Lipinski definition) is 0. The second-order valence-corrected chi connectivity index (χ2v) is 7.97. The van der Waals surface area contributed by atoms with Crippen LogP contribution in [0.15, 0.2) is 12.2 Å². The molecule has 1 aliphatic carbocycles. The summed E-state index contributed by atoms with van der Waals surface area (Å²) in [7, 11) is 0. The Labute approximate surface area is 147 Å². The number of carbonyl (C=O) groups excluding carboxylic acids is 2. The van der Waals surface area contributed by atoms with Crippen LogP contribution in [-0.2, 0) is 19.1 Å². The van der Waals surface area contributed by atoms with Crippen LogP contribution in [0.2, 0.25) is 0 Å².